The summed E-state index contributed by atoms with van der Waals surface area (Å²) in [5.41, 5.74) is 2.30. The molecule has 1 saturated heterocycles. The number of rotatable bonds is 5. The van der Waals surface area contributed by atoms with Crippen LogP contribution in [0.25, 0.3) is 0 Å². The van der Waals surface area contributed by atoms with E-state index >= 15 is 0 Å². The Morgan fingerprint density at radius 1 is 1.06 bits per heavy atom. The molecule has 0 amide bonds. The molecule has 2 aromatic rings. The highest BCUT2D eigenvalue weighted by atomic mass is 16.5. The summed E-state index contributed by atoms with van der Waals surface area (Å²) in [5.74, 6) is 3.07. The fourth-order valence-electron chi connectivity index (χ4n) is 6.09. The van der Waals surface area contributed by atoms with E-state index in [1.165, 1.54) is 37.2 Å². The monoisotopic (exact) mass is 433 g/mol. The lowest BCUT2D eigenvalue weighted by Crippen LogP contribution is -2.56. The lowest BCUT2D eigenvalue weighted by molar-refractivity contribution is -0.159. The molecule has 8 nitrogen and oxygen atoms in total. The molecular weight excluding hydrogens is 402 g/mol. The van der Waals surface area contributed by atoms with Crippen molar-refractivity contribution in [2.75, 3.05) is 23.8 Å². The predicted octanol–water partition coefficient (Wildman–Crippen LogP) is 3.61. The van der Waals surface area contributed by atoms with Gasteiger partial charge in [-0.2, -0.15) is 10.2 Å². The molecule has 0 aromatic carbocycles. The van der Waals surface area contributed by atoms with Crippen LogP contribution in [-0.4, -0.2) is 44.8 Å². The molecule has 2 N–H and O–H groups in total. The number of ether oxygens (including phenoxy) is 1. The molecule has 2 aromatic heterocycles. The molecule has 0 radical (unpaired) electrons. The van der Waals surface area contributed by atoms with E-state index in [2.05, 4.69) is 32.5 Å². The highest BCUT2D eigenvalue weighted by Gasteiger charge is 2.50. The van der Waals surface area contributed by atoms with Gasteiger partial charge in [-0.15, -0.1) is 0 Å². The van der Waals surface area contributed by atoms with Gasteiger partial charge in [0.25, 0.3) is 0 Å². The van der Waals surface area contributed by atoms with Crippen molar-refractivity contribution in [2.45, 2.75) is 82.3 Å². The van der Waals surface area contributed by atoms with Crippen molar-refractivity contribution in [1.82, 2.24) is 19.5 Å². The van der Waals surface area contributed by atoms with Crippen molar-refractivity contribution < 1.29 is 4.74 Å². The van der Waals surface area contributed by atoms with Gasteiger partial charge in [-0.1, -0.05) is 6.42 Å². The minimum Gasteiger partial charge on any atom is -0.380 e. The highest BCUT2D eigenvalue weighted by Crippen LogP contribution is 2.48. The van der Waals surface area contributed by atoms with Crippen molar-refractivity contribution >= 4 is 11.8 Å². The molecule has 4 aliphatic rings. The second kappa shape index (κ2) is 8.04. The number of anilines is 2. The van der Waals surface area contributed by atoms with E-state index in [9.17, 15) is 5.26 Å². The van der Waals surface area contributed by atoms with Crippen LogP contribution in [-0.2, 0) is 17.7 Å². The van der Waals surface area contributed by atoms with E-state index in [4.69, 9.17) is 14.7 Å². The van der Waals surface area contributed by atoms with E-state index in [-0.39, 0.29) is 0 Å². The number of hydrogen-bond donors (Lipinski definition) is 2. The largest absolute Gasteiger partial charge is 0.380 e. The van der Waals surface area contributed by atoms with Crippen LogP contribution >= 0.6 is 0 Å². The number of nitrogens with one attached hydrogen (secondary N) is 2. The molecule has 1 spiro atoms. The van der Waals surface area contributed by atoms with Crippen LogP contribution in [0.1, 0.15) is 74.4 Å². The van der Waals surface area contributed by atoms with Gasteiger partial charge in [0.1, 0.15) is 23.3 Å². The van der Waals surface area contributed by atoms with Gasteiger partial charge in [-0.05, 0) is 44.9 Å². The Morgan fingerprint density at radius 3 is 2.78 bits per heavy atom. The SMILES string of the molecule is N#Cc1cnc(N[C@@H]2CCC[C@@H](c3cnc4n3CCCC4)C2)nc1NC1CC2(COC2)C1. The minimum absolute atomic E-state index is 0.336. The number of nitriles is 1. The molecular formula is C24H31N7O. The van der Waals surface area contributed by atoms with Gasteiger partial charge in [0, 0.05) is 48.3 Å². The first kappa shape index (κ1) is 20.0. The number of aromatic nitrogens is 4. The Kier molecular flexibility index (Phi) is 5.02. The molecule has 8 heteroatoms. The van der Waals surface area contributed by atoms with E-state index in [0.717, 1.165) is 51.9 Å². The van der Waals surface area contributed by atoms with Gasteiger partial charge in [-0.25, -0.2) is 9.97 Å². The summed E-state index contributed by atoms with van der Waals surface area (Å²) in [5, 5.41) is 16.6. The maximum atomic E-state index is 9.51. The lowest BCUT2D eigenvalue weighted by Gasteiger charge is -2.53. The fraction of sp³-hybridized carbons (Fsp3) is 0.667. The van der Waals surface area contributed by atoms with Gasteiger partial charge in [0.2, 0.25) is 5.95 Å². The number of imidazole rings is 1. The van der Waals surface area contributed by atoms with Crippen molar-refractivity contribution in [3.8, 4) is 6.07 Å². The van der Waals surface area contributed by atoms with Crippen LogP contribution in [0.3, 0.4) is 0 Å². The third-order valence-electron chi connectivity index (χ3n) is 7.85. The fourth-order valence-corrected chi connectivity index (χ4v) is 6.09. The Bertz CT molecular complexity index is 1030. The summed E-state index contributed by atoms with van der Waals surface area (Å²) in [4.78, 5) is 13.9. The van der Waals surface area contributed by atoms with Crippen molar-refractivity contribution in [3.63, 3.8) is 0 Å². The van der Waals surface area contributed by atoms with Gasteiger partial charge < -0.3 is 19.9 Å². The van der Waals surface area contributed by atoms with Crippen molar-refractivity contribution in [3.05, 3.63) is 29.5 Å². The molecule has 2 saturated carbocycles. The van der Waals surface area contributed by atoms with E-state index < -0.39 is 0 Å². The Labute approximate surface area is 188 Å². The van der Waals surface area contributed by atoms with Crippen LogP contribution in [0.5, 0.6) is 0 Å². The standard InChI is InChI=1S/C24H31N7O/c25-11-17-12-27-23(30-22(17)28-19-9-24(10-19)14-32-15-24)29-18-5-3-4-16(8-18)20-13-26-21-6-1-2-7-31(20)21/h12-13,16,18-19H,1-10,14-15H2,(H2,27,28,29,30)/t16-,18-/m1/s1. The summed E-state index contributed by atoms with van der Waals surface area (Å²) >= 11 is 0. The zero-order valence-electron chi connectivity index (χ0n) is 18.5. The number of hydrogen-bond acceptors (Lipinski definition) is 7. The summed E-state index contributed by atoms with van der Waals surface area (Å²) < 4.78 is 7.84. The van der Waals surface area contributed by atoms with Crippen molar-refractivity contribution in [1.29, 1.82) is 5.26 Å². The van der Waals surface area contributed by atoms with Crippen LogP contribution in [0.2, 0.25) is 0 Å². The third-order valence-corrected chi connectivity index (χ3v) is 7.85. The first-order valence-electron chi connectivity index (χ1n) is 12.1. The molecule has 4 heterocycles. The lowest BCUT2D eigenvalue weighted by atomic mass is 9.64. The number of nitrogens with zero attached hydrogens (tertiary/aromatic N) is 5. The van der Waals surface area contributed by atoms with Crippen LogP contribution in [0, 0.1) is 16.7 Å². The van der Waals surface area contributed by atoms with Crippen LogP contribution in [0.4, 0.5) is 11.8 Å². The van der Waals surface area contributed by atoms with E-state index in [1.54, 1.807) is 6.20 Å². The molecule has 6 rings (SSSR count). The Balaban J connectivity index is 1.13. The molecule has 3 fully saturated rings. The summed E-state index contributed by atoms with van der Waals surface area (Å²) in [6.45, 7) is 2.85. The molecule has 0 unspecified atom stereocenters. The maximum absolute atomic E-state index is 9.51. The second-order valence-corrected chi connectivity index (χ2v) is 10.2. The highest BCUT2D eigenvalue weighted by molar-refractivity contribution is 5.54. The predicted molar refractivity (Wildman–Crippen MR) is 120 cm³/mol. The van der Waals surface area contributed by atoms with Crippen molar-refractivity contribution in [2.24, 2.45) is 5.41 Å². The first-order chi connectivity index (χ1) is 15.7. The molecule has 2 aliphatic heterocycles. The van der Waals surface area contributed by atoms with Crippen LogP contribution < -0.4 is 10.6 Å². The molecule has 32 heavy (non-hydrogen) atoms. The zero-order valence-corrected chi connectivity index (χ0v) is 18.5. The van der Waals surface area contributed by atoms with Gasteiger partial charge in [0.15, 0.2) is 0 Å². The average Bonchev–Trinajstić information content (AvgIpc) is 3.19. The quantitative estimate of drug-likeness (QED) is 0.743. The Morgan fingerprint density at radius 2 is 1.97 bits per heavy atom. The minimum atomic E-state index is 0.336. The molecule has 2 aliphatic carbocycles. The van der Waals surface area contributed by atoms with Gasteiger partial charge >= 0.3 is 0 Å². The normalized spacial score (nSPS) is 26.5. The summed E-state index contributed by atoms with van der Waals surface area (Å²) in [7, 11) is 0. The maximum Gasteiger partial charge on any atom is 0.224 e. The molecule has 168 valence electrons. The summed E-state index contributed by atoms with van der Waals surface area (Å²) in [6, 6.07) is 2.93. The summed E-state index contributed by atoms with van der Waals surface area (Å²) in [6.07, 6.45) is 14.2. The second-order valence-electron chi connectivity index (χ2n) is 10.2. The Hall–Kier alpha value is -2.66. The zero-order chi connectivity index (χ0) is 21.5. The van der Waals surface area contributed by atoms with E-state index in [0.29, 0.717) is 40.7 Å². The van der Waals surface area contributed by atoms with E-state index in [1.807, 2.05) is 0 Å². The molecule has 0 bridgehead atoms. The smallest absolute Gasteiger partial charge is 0.224 e. The number of aryl methyl sites for hydroxylation is 1. The van der Waals surface area contributed by atoms with Crippen LogP contribution in [0.15, 0.2) is 12.4 Å². The average molecular weight is 434 g/mol. The first-order valence-corrected chi connectivity index (χ1v) is 12.1. The topological polar surface area (TPSA) is 101 Å². The molecule has 2 atom stereocenters. The van der Waals surface area contributed by atoms with Gasteiger partial charge in [-0.3, -0.25) is 0 Å². The number of fused-ring (bicyclic) bond motifs is 1. The van der Waals surface area contributed by atoms with Gasteiger partial charge in [0.05, 0.1) is 19.4 Å². The third kappa shape index (κ3) is 3.62.